The zero-order valence-electron chi connectivity index (χ0n) is 15.3. The molecular formula is C19H26N2O5. The van der Waals surface area contributed by atoms with Gasteiger partial charge in [0.05, 0.1) is 6.61 Å². The van der Waals surface area contributed by atoms with Crippen LogP contribution in [0.5, 0.6) is 5.75 Å². The fourth-order valence-corrected chi connectivity index (χ4v) is 2.64. The number of carbonyl (C=O) groups excluding carboxylic acids is 2. The highest BCUT2D eigenvalue weighted by Crippen LogP contribution is 2.14. The van der Waals surface area contributed by atoms with E-state index in [2.05, 4.69) is 5.32 Å². The fraction of sp³-hybridized carbons (Fsp3) is 0.474. The van der Waals surface area contributed by atoms with Gasteiger partial charge in [0.25, 0.3) is 0 Å². The summed E-state index contributed by atoms with van der Waals surface area (Å²) in [4.78, 5) is 25.4. The molecule has 26 heavy (non-hydrogen) atoms. The summed E-state index contributed by atoms with van der Waals surface area (Å²) in [6.45, 7) is 3.55. The summed E-state index contributed by atoms with van der Waals surface area (Å²) in [5.41, 5.74) is 0.905. The lowest BCUT2D eigenvalue weighted by Gasteiger charge is -2.31. The second-order valence-corrected chi connectivity index (χ2v) is 5.92. The largest absolute Gasteiger partial charge is 0.468 e. The molecule has 1 aromatic carbocycles. The average molecular weight is 362 g/mol. The number of ether oxygens (including phenoxy) is 3. The zero-order valence-corrected chi connectivity index (χ0v) is 15.3. The smallest absolute Gasteiger partial charge is 0.409 e. The first-order chi connectivity index (χ1) is 12.6. The van der Waals surface area contributed by atoms with Crippen LogP contribution in [0.15, 0.2) is 30.3 Å². The Balaban J connectivity index is 1.75. The molecule has 2 amide bonds. The molecule has 1 fully saturated rings. The predicted octanol–water partition coefficient (Wildman–Crippen LogP) is 2.42. The quantitative estimate of drug-likeness (QED) is 0.595. The van der Waals surface area contributed by atoms with E-state index in [0.29, 0.717) is 25.4 Å². The summed E-state index contributed by atoms with van der Waals surface area (Å²) in [5, 5.41) is 2.97. The van der Waals surface area contributed by atoms with Gasteiger partial charge < -0.3 is 24.4 Å². The molecule has 0 unspecified atom stereocenters. The number of carbonyl (C=O) groups is 2. The van der Waals surface area contributed by atoms with Crippen molar-refractivity contribution in [2.75, 3.05) is 33.6 Å². The van der Waals surface area contributed by atoms with Crippen molar-refractivity contribution < 1.29 is 23.8 Å². The van der Waals surface area contributed by atoms with Crippen molar-refractivity contribution in [3.8, 4) is 5.75 Å². The van der Waals surface area contributed by atoms with Gasteiger partial charge in [-0.15, -0.1) is 0 Å². The van der Waals surface area contributed by atoms with E-state index in [1.807, 2.05) is 24.3 Å². The van der Waals surface area contributed by atoms with Crippen LogP contribution in [-0.2, 0) is 14.3 Å². The molecule has 142 valence electrons. The minimum Gasteiger partial charge on any atom is -0.468 e. The molecule has 0 aromatic heterocycles. The number of likely N-dealkylation sites (tertiary alicyclic amines) is 1. The second kappa shape index (κ2) is 10.5. The number of hydrogen-bond donors (Lipinski definition) is 1. The Hall–Kier alpha value is -2.54. The van der Waals surface area contributed by atoms with E-state index in [4.69, 9.17) is 14.2 Å². The maximum absolute atomic E-state index is 12.1. The summed E-state index contributed by atoms with van der Waals surface area (Å²) >= 11 is 0. The molecule has 1 heterocycles. The number of nitrogens with one attached hydrogen (secondary N) is 1. The Morgan fingerprint density at radius 2 is 1.92 bits per heavy atom. The summed E-state index contributed by atoms with van der Waals surface area (Å²) in [7, 11) is 1.57. The minimum atomic E-state index is -0.282. The SMILES string of the molecule is CCOC(=O)N1CCC(NC(=O)/C=C/c2ccc(OCOC)cc2)CC1. The molecular weight excluding hydrogens is 336 g/mol. The van der Waals surface area contributed by atoms with Crippen molar-refractivity contribution in [2.24, 2.45) is 0 Å². The maximum atomic E-state index is 12.1. The molecule has 0 saturated carbocycles. The topological polar surface area (TPSA) is 77.1 Å². The van der Waals surface area contributed by atoms with Crippen LogP contribution in [-0.4, -0.2) is 56.5 Å². The van der Waals surface area contributed by atoms with Crippen LogP contribution in [0.1, 0.15) is 25.3 Å². The third kappa shape index (κ3) is 6.40. The molecule has 1 aromatic rings. The lowest BCUT2D eigenvalue weighted by atomic mass is 10.1. The molecule has 1 aliphatic rings. The first kappa shape index (κ1) is 19.8. The third-order valence-corrected chi connectivity index (χ3v) is 4.02. The van der Waals surface area contributed by atoms with Crippen LogP contribution in [0, 0.1) is 0 Å². The number of hydrogen-bond acceptors (Lipinski definition) is 5. The lowest BCUT2D eigenvalue weighted by Crippen LogP contribution is -2.46. The predicted molar refractivity (Wildman–Crippen MR) is 97.7 cm³/mol. The van der Waals surface area contributed by atoms with Gasteiger partial charge >= 0.3 is 6.09 Å². The van der Waals surface area contributed by atoms with Crippen molar-refractivity contribution >= 4 is 18.1 Å². The van der Waals surface area contributed by atoms with Gasteiger partial charge in [-0.3, -0.25) is 4.79 Å². The Morgan fingerprint density at radius 3 is 2.54 bits per heavy atom. The molecule has 7 nitrogen and oxygen atoms in total. The fourth-order valence-electron chi connectivity index (χ4n) is 2.64. The first-order valence-corrected chi connectivity index (χ1v) is 8.74. The van der Waals surface area contributed by atoms with E-state index < -0.39 is 0 Å². The van der Waals surface area contributed by atoms with E-state index in [1.54, 1.807) is 25.0 Å². The molecule has 1 N–H and O–H groups in total. The van der Waals surface area contributed by atoms with Gasteiger partial charge in [-0.25, -0.2) is 4.79 Å². The van der Waals surface area contributed by atoms with Crippen LogP contribution >= 0.6 is 0 Å². The summed E-state index contributed by atoms with van der Waals surface area (Å²) in [6.07, 6.45) is 4.44. The van der Waals surface area contributed by atoms with Crippen LogP contribution in [0.4, 0.5) is 4.79 Å². The molecule has 0 atom stereocenters. The molecule has 7 heteroatoms. The molecule has 0 radical (unpaired) electrons. The number of benzene rings is 1. The van der Waals surface area contributed by atoms with E-state index in [9.17, 15) is 9.59 Å². The number of methoxy groups -OCH3 is 1. The van der Waals surface area contributed by atoms with E-state index in [-0.39, 0.29) is 24.8 Å². The summed E-state index contributed by atoms with van der Waals surface area (Å²) in [6, 6.07) is 7.45. The molecule has 1 saturated heterocycles. The standard InChI is InChI=1S/C19H26N2O5/c1-3-25-19(23)21-12-10-16(11-13-21)20-18(22)9-6-15-4-7-17(8-5-15)26-14-24-2/h4-9,16H,3,10-14H2,1-2H3,(H,20,22)/b9-6+. The number of rotatable bonds is 7. The van der Waals surface area contributed by atoms with Crippen LogP contribution in [0.2, 0.25) is 0 Å². The van der Waals surface area contributed by atoms with Gasteiger partial charge in [0, 0.05) is 32.3 Å². The third-order valence-electron chi connectivity index (χ3n) is 4.02. The van der Waals surface area contributed by atoms with Crippen LogP contribution in [0.3, 0.4) is 0 Å². The van der Waals surface area contributed by atoms with Crippen molar-refractivity contribution in [3.63, 3.8) is 0 Å². The molecule has 2 rings (SSSR count). The number of nitrogens with zero attached hydrogens (tertiary/aromatic N) is 1. The van der Waals surface area contributed by atoms with Gasteiger partial charge in [0.2, 0.25) is 5.91 Å². The van der Waals surface area contributed by atoms with Crippen LogP contribution in [0.25, 0.3) is 6.08 Å². The maximum Gasteiger partial charge on any atom is 0.409 e. The second-order valence-electron chi connectivity index (χ2n) is 5.92. The Bertz CT molecular complexity index is 607. The monoisotopic (exact) mass is 362 g/mol. The minimum absolute atomic E-state index is 0.0719. The molecule has 0 bridgehead atoms. The molecule has 0 aliphatic carbocycles. The molecule has 0 spiro atoms. The van der Waals surface area contributed by atoms with Gasteiger partial charge in [-0.05, 0) is 43.5 Å². The molecule has 1 aliphatic heterocycles. The van der Waals surface area contributed by atoms with Crippen molar-refractivity contribution in [1.29, 1.82) is 0 Å². The highest BCUT2D eigenvalue weighted by atomic mass is 16.7. The Morgan fingerprint density at radius 1 is 1.23 bits per heavy atom. The number of amides is 2. The lowest BCUT2D eigenvalue weighted by molar-refractivity contribution is -0.117. The zero-order chi connectivity index (χ0) is 18.8. The highest BCUT2D eigenvalue weighted by Gasteiger charge is 2.23. The Kier molecular flexibility index (Phi) is 7.95. The summed E-state index contributed by atoms with van der Waals surface area (Å²) < 4.78 is 15.1. The first-order valence-electron chi connectivity index (χ1n) is 8.74. The van der Waals surface area contributed by atoms with E-state index in [0.717, 1.165) is 18.4 Å². The van der Waals surface area contributed by atoms with Gasteiger partial charge in [0.1, 0.15) is 5.75 Å². The van der Waals surface area contributed by atoms with Gasteiger partial charge in [-0.2, -0.15) is 0 Å². The Labute approximate surface area is 153 Å². The van der Waals surface area contributed by atoms with E-state index in [1.165, 1.54) is 6.08 Å². The van der Waals surface area contributed by atoms with E-state index >= 15 is 0 Å². The van der Waals surface area contributed by atoms with Crippen molar-refractivity contribution in [3.05, 3.63) is 35.9 Å². The highest BCUT2D eigenvalue weighted by molar-refractivity contribution is 5.91. The van der Waals surface area contributed by atoms with Gasteiger partial charge in [-0.1, -0.05) is 12.1 Å². The van der Waals surface area contributed by atoms with Gasteiger partial charge in [0.15, 0.2) is 6.79 Å². The number of piperidine rings is 1. The normalized spacial score (nSPS) is 15.1. The average Bonchev–Trinajstić information content (AvgIpc) is 2.66. The van der Waals surface area contributed by atoms with Crippen molar-refractivity contribution in [2.45, 2.75) is 25.8 Å². The van der Waals surface area contributed by atoms with Crippen molar-refractivity contribution in [1.82, 2.24) is 10.2 Å². The van der Waals surface area contributed by atoms with Crippen LogP contribution < -0.4 is 10.1 Å². The summed E-state index contributed by atoms with van der Waals surface area (Å²) in [5.74, 6) is 0.570.